The Bertz CT molecular complexity index is 569. The van der Waals surface area contributed by atoms with E-state index in [2.05, 4.69) is 0 Å². The Hall–Kier alpha value is -1.61. The lowest BCUT2D eigenvalue weighted by molar-refractivity contribution is 0.340. The molecule has 1 nitrogen and oxygen atoms in total. The van der Waals surface area contributed by atoms with Gasteiger partial charge in [-0.05, 0) is 42.7 Å². The molecule has 0 fully saturated rings. The maximum Gasteiger partial charge on any atom is 0.129 e. The number of alkyl halides is 1. The normalized spacial score (nSPS) is 12.2. The molecule has 0 radical (unpaired) electrons. The van der Waals surface area contributed by atoms with Crippen molar-refractivity contribution in [3.8, 4) is 5.75 Å². The van der Waals surface area contributed by atoms with Crippen LogP contribution in [0.25, 0.3) is 0 Å². The Morgan fingerprint density at radius 1 is 1.10 bits per heavy atom. The van der Waals surface area contributed by atoms with Crippen LogP contribution >= 0.6 is 11.6 Å². The summed E-state index contributed by atoms with van der Waals surface area (Å²) in [5.74, 6) is -0.381. The Balaban J connectivity index is 2.09. The molecule has 0 saturated carbocycles. The fraction of sp³-hybridized carbons (Fsp3) is 0.250. The summed E-state index contributed by atoms with van der Waals surface area (Å²) < 4.78 is 31.8. The van der Waals surface area contributed by atoms with Crippen molar-refractivity contribution in [1.29, 1.82) is 0 Å². The highest BCUT2D eigenvalue weighted by Gasteiger charge is 2.12. The first-order chi connectivity index (χ1) is 9.60. The molecular formula is C16H15ClF2O. The Labute approximate surface area is 122 Å². The van der Waals surface area contributed by atoms with Crippen molar-refractivity contribution in [2.24, 2.45) is 0 Å². The van der Waals surface area contributed by atoms with Crippen molar-refractivity contribution < 1.29 is 13.5 Å². The zero-order valence-electron chi connectivity index (χ0n) is 11.1. The monoisotopic (exact) mass is 296 g/mol. The molecule has 0 heterocycles. The van der Waals surface area contributed by atoms with Gasteiger partial charge in [-0.2, -0.15) is 0 Å². The maximum absolute atomic E-state index is 13.6. The number of halogens is 3. The summed E-state index contributed by atoms with van der Waals surface area (Å²) >= 11 is 6.28. The van der Waals surface area contributed by atoms with Crippen molar-refractivity contribution in [3.05, 3.63) is 65.2 Å². The molecule has 20 heavy (non-hydrogen) atoms. The highest BCUT2D eigenvalue weighted by Crippen LogP contribution is 2.27. The molecule has 0 aromatic heterocycles. The van der Waals surface area contributed by atoms with Crippen molar-refractivity contribution in [3.63, 3.8) is 0 Å². The molecule has 0 bridgehead atoms. The van der Waals surface area contributed by atoms with Crippen molar-refractivity contribution in [1.82, 2.24) is 0 Å². The van der Waals surface area contributed by atoms with Gasteiger partial charge in [-0.3, -0.25) is 0 Å². The Morgan fingerprint density at radius 2 is 1.80 bits per heavy atom. The first-order valence-electron chi connectivity index (χ1n) is 6.41. The Morgan fingerprint density at radius 3 is 2.40 bits per heavy atom. The summed E-state index contributed by atoms with van der Waals surface area (Å²) in [6.45, 7) is 2.51. The standard InChI is InChI=1S/C16H15ClF2O/c1-2-20-14-7-4-11(5-8-14)15(17)9-12-3-6-13(18)10-16(12)19/h3-8,10,15H,2,9H2,1H3. The molecule has 2 aromatic rings. The van der Waals surface area contributed by atoms with E-state index in [-0.39, 0.29) is 5.38 Å². The van der Waals surface area contributed by atoms with E-state index in [0.717, 1.165) is 17.4 Å². The molecule has 1 atom stereocenters. The lowest BCUT2D eigenvalue weighted by atomic mass is 10.0. The van der Waals surface area contributed by atoms with E-state index < -0.39 is 11.6 Å². The van der Waals surface area contributed by atoms with E-state index in [1.807, 2.05) is 31.2 Å². The molecule has 0 spiro atoms. The molecule has 4 heteroatoms. The first-order valence-corrected chi connectivity index (χ1v) is 6.84. The predicted octanol–water partition coefficient (Wildman–Crippen LogP) is 4.89. The number of benzene rings is 2. The van der Waals surface area contributed by atoms with E-state index >= 15 is 0 Å². The molecule has 0 N–H and O–H groups in total. The summed E-state index contributed by atoms with van der Waals surface area (Å²) in [7, 11) is 0. The van der Waals surface area contributed by atoms with Crippen LogP contribution in [0.15, 0.2) is 42.5 Å². The number of hydrogen-bond donors (Lipinski definition) is 0. The average molecular weight is 297 g/mol. The second-order valence-electron chi connectivity index (χ2n) is 4.41. The van der Waals surface area contributed by atoms with E-state index in [1.165, 1.54) is 12.1 Å². The predicted molar refractivity (Wildman–Crippen MR) is 76.3 cm³/mol. The van der Waals surface area contributed by atoms with Crippen LogP contribution in [0.4, 0.5) is 8.78 Å². The smallest absolute Gasteiger partial charge is 0.129 e. The molecule has 1 unspecified atom stereocenters. The molecular weight excluding hydrogens is 282 g/mol. The fourth-order valence-corrected chi connectivity index (χ4v) is 2.25. The van der Waals surface area contributed by atoms with Crippen molar-refractivity contribution in [2.75, 3.05) is 6.61 Å². The van der Waals surface area contributed by atoms with Gasteiger partial charge in [-0.25, -0.2) is 8.78 Å². The van der Waals surface area contributed by atoms with E-state index in [4.69, 9.17) is 16.3 Å². The molecule has 0 aliphatic heterocycles. The third-order valence-corrected chi connectivity index (χ3v) is 3.37. The topological polar surface area (TPSA) is 9.23 Å². The first kappa shape index (κ1) is 14.8. The second kappa shape index (κ2) is 6.71. The lowest BCUT2D eigenvalue weighted by Gasteiger charge is -2.12. The summed E-state index contributed by atoms with van der Waals surface area (Å²) in [6.07, 6.45) is 0.307. The van der Waals surface area contributed by atoms with Gasteiger partial charge in [0.1, 0.15) is 17.4 Å². The van der Waals surface area contributed by atoms with Crippen LogP contribution in [0.2, 0.25) is 0 Å². The van der Waals surface area contributed by atoms with Gasteiger partial charge in [-0.1, -0.05) is 18.2 Å². The van der Waals surface area contributed by atoms with Gasteiger partial charge in [0.25, 0.3) is 0 Å². The molecule has 0 aliphatic rings. The lowest BCUT2D eigenvalue weighted by Crippen LogP contribution is -1.99. The van der Waals surface area contributed by atoms with E-state index in [0.29, 0.717) is 18.6 Å². The minimum absolute atomic E-state index is 0.307. The number of ether oxygens (including phenoxy) is 1. The summed E-state index contributed by atoms with van der Waals surface area (Å²) in [6, 6.07) is 10.9. The van der Waals surface area contributed by atoms with Crippen LogP contribution in [0, 0.1) is 11.6 Å². The van der Waals surface area contributed by atoms with Crippen LogP contribution < -0.4 is 4.74 Å². The number of hydrogen-bond acceptors (Lipinski definition) is 1. The van der Waals surface area contributed by atoms with Crippen LogP contribution in [0.1, 0.15) is 23.4 Å². The van der Waals surface area contributed by atoms with Crippen molar-refractivity contribution in [2.45, 2.75) is 18.7 Å². The van der Waals surface area contributed by atoms with Gasteiger partial charge in [-0.15, -0.1) is 11.6 Å². The van der Waals surface area contributed by atoms with E-state index in [9.17, 15) is 8.78 Å². The maximum atomic E-state index is 13.6. The second-order valence-corrected chi connectivity index (χ2v) is 4.94. The summed E-state index contributed by atoms with van der Waals surface area (Å²) in [5.41, 5.74) is 1.28. The summed E-state index contributed by atoms with van der Waals surface area (Å²) in [4.78, 5) is 0. The molecule has 0 amide bonds. The average Bonchev–Trinajstić information content (AvgIpc) is 2.43. The van der Waals surface area contributed by atoms with E-state index in [1.54, 1.807) is 0 Å². The third kappa shape index (κ3) is 3.70. The summed E-state index contributed by atoms with van der Waals surface area (Å²) in [5, 5.41) is -0.370. The third-order valence-electron chi connectivity index (χ3n) is 2.97. The van der Waals surface area contributed by atoms with Crippen LogP contribution in [0.5, 0.6) is 5.75 Å². The van der Waals surface area contributed by atoms with Crippen LogP contribution in [-0.4, -0.2) is 6.61 Å². The quantitative estimate of drug-likeness (QED) is 0.714. The van der Waals surface area contributed by atoms with Gasteiger partial charge < -0.3 is 4.74 Å². The molecule has 2 aromatic carbocycles. The number of rotatable bonds is 5. The van der Waals surface area contributed by atoms with Gasteiger partial charge in [0.15, 0.2) is 0 Å². The van der Waals surface area contributed by atoms with Crippen LogP contribution in [0.3, 0.4) is 0 Å². The minimum Gasteiger partial charge on any atom is -0.494 e. The van der Waals surface area contributed by atoms with Gasteiger partial charge >= 0.3 is 0 Å². The highest BCUT2D eigenvalue weighted by atomic mass is 35.5. The molecule has 0 saturated heterocycles. The molecule has 0 aliphatic carbocycles. The van der Waals surface area contributed by atoms with Gasteiger partial charge in [0, 0.05) is 6.07 Å². The van der Waals surface area contributed by atoms with Gasteiger partial charge in [0.05, 0.1) is 12.0 Å². The minimum atomic E-state index is -0.585. The zero-order valence-corrected chi connectivity index (χ0v) is 11.8. The molecule has 2 rings (SSSR count). The van der Waals surface area contributed by atoms with Crippen LogP contribution in [-0.2, 0) is 6.42 Å². The zero-order chi connectivity index (χ0) is 14.5. The van der Waals surface area contributed by atoms with Crippen molar-refractivity contribution >= 4 is 11.6 Å². The SMILES string of the molecule is CCOc1ccc(C(Cl)Cc2ccc(F)cc2F)cc1. The Kier molecular flexibility index (Phi) is 4.96. The highest BCUT2D eigenvalue weighted by molar-refractivity contribution is 6.20. The van der Waals surface area contributed by atoms with Gasteiger partial charge in [0.2, 0.25) is 0 Å². The molecule has 106 valence electrons. The largest absolute Gasteiger partial charge is 0.494 e. The fourth-order valence-electron chi connectivity index (χ4n) is 1.94.